The fourth-order valence-electron chi connectivity index (χ4n) is 2.32. The Bertz CT molecular complexity index is 778. The first-order chi connectivity index (χ1) is 13.7. The zero-order valence-electron chi connectivity index (χ0n) is 15.9. The summed E-state index contributed by atoms with van der Waals surface area (Å²) in [6.07, 6.45) is 7.23. The number of amides is 2. The Hall–Kier alpha value is -3.19. The van der Waals surface area contributed by atoms with Gasteiger partial charge in [-0.2, -0.15) is 0 Å². The first-order valence-electron chi connectivity index (χ1n) is 9.00. The van der Waals surface area contributed by atoms with Gasteiger partial charge in [0.2, 0.25) is 5.91 Å². The maximum Gasteiger partial charge on any atom is 0.258 e. The largest absolute Gasteiger partial charge is 0.484 e. The van der Waals surface area contributed by atoms with Crippen molar-refractivity contribution < 1.29 is 19.1 Å². The topological polar surface area (TPSA) is 89.5 Å². The Morgan fingerprint density at radius 2 is 2.04 bits per heavy atom. The average molecular weight is 383 g/mol. The number of hydrogen-bond donors (Lipinski definition) is 2. The zero-order valence-corrected chi connectivity index (χ0v) is 15.9. The van der Waals surface area contributed by atoms with Gasteiger partial charge in [-0.3, -0.25) is 14.6 Å². The molecule has 148 valence electrons. The first kappa shape index (κ1) is 21.1. The summed E-state index contributed by atoms with van der Waals surface area (Å²) in [5.74, 6) is 0.251. The summed E-state index contributed by atoms with van der Waals surface area (Å²) in [6.45, 7) is 1.36. The highest BCUT2D eigenvalue weighted by atomic mass is 16.5. The van der Waals surface area contributed by atoms with E-state index in [4.69, 9.17) is 9.47 Å². The van der Waals surface area contributed by atoms with E-state index in [-0.39, 0.29) is 18.4 Å². The number of hydrogen-bond acceptors (Lipinski definition) is 5. The predicted octanol–water partition coefficient (Wildman–Crippen LogP) is 1.60. The molecule has 0 saturated carbocycles. The highest BCUT2D eigenvalue weighted by Crippen LogP contribution is 2.13. The van der Waals surface area contributed by atoms with Gasteiger partial charge in [0.25, 0.3) is 5.91 Å². The summed E-state index contributed by atoms with van der Waals surface area (Å²) in [4.78, 5) is 27.5. The SMILES string of the molecule is COCCNC(=O)COc1cccc(CCNC(=O)C=Cc2cccnc2)c1. The standard InChI is InChI=1S/C21H25N3O4/c1-27-13-12-24-21(26)16-28-19-6-2-4-17(14-19)9-11-23-20(25)8-7-18-5-3-10-22-15-18/h2-8,10,14-15H,9,11-13,16H2,1H3,(H,23,25)(H,24,26). The molecule has 1 aromatic heterocycles. The van der Waals surface area contributed by atoms with Gasteiger partial charge in [0, 0.05) is 38.7 Å². The number of pyridine rings is 1. The summed E-state index contributed by atoms with van der Waals surface area (Å²) in [6, 6.07) is 11.2. The maximum atomic E-state index is 11.9. The Labute approximate surface area is 164 Å². The molecule has 0 aliphatic carbocycles. The van der Waals surface area contributed by atoms with Crippen LogP contribution in [0.1, 0.15) is 11.1 Å². The normalized spacial score (nSPS) is 10.6. The van der Waals surface area contributed by atoms with Crippen molar-refractivity contribution in [3.63, 3.8) is 0 Å². The van der Waals surface area contributed by atoms with Crippen LogP contribution in [0.15, 0.2) is 54.9 Å². The van der Waals surface area contributed by atoms with Crippen molar-refractivity contribution in [2.45, 2.75) is 6.42 Å². The van der Waals surface area contributed by atoms with Crippen LogP contribution in [0, 0.1) is 0 Å². The number of benzene rings is 1. The molecule has 2 aromatic rings. The molecule has 2 rings (SSSR count). The van der Waals surface area contributed by atoms with E-state index in [0.717, 1.165) is 11.1 Å². The minimum Gasteiger partial charge on any atom is -0.484 e. The Kier molecular flexibility index (Phi) is 9.23. The van der Waals surface area contributed by atoms with E-state index in [1.54, 1.807) is 31.6 Å². The van der Waals surface area contributed by atoms with E-state index >= 15 is 0 Å². The van der Waals surface area contributed by atoms with Gasteiger partial charge in [-0.15, -0.1) is 0 Å². The van der Waals surface area contributed by atoms with Crippen LogP contribution in [-0.2, 0) is 20.7 Å². The van der Waals surface area contributed by atoms with Crippen LogP contribution in [0.5, 0.6) is 5.75 Å². The average Bonchev–Trinajstić information content (AvgIpc) is 2.72. The number of nitrogens with one attached hydrogen (secondary N) is 2. The number of carbonyl (C=O) groups is 2. The van der Waals surface area contributed by atoms with Gasteiger partial charge in [0.15, 0.2) is 6.61 Å². The molecule has 0 atom stereocenters. The van der Waals surface area contributed by atoms with E-state index in [2.05, 4.69) is 15.6 Å². The molecule has 7 nitrogen and oxygen atoms in total. The second-order valence-corrected chi connectivity index (χ2v) is 5.94. The maximum absolute atomic E-state index is 11.9. The summed E-state index contributed by atoms with van der Waals surface area (Å²) in [5, 5.41) is 5.53. The molecule has 0 unspecified atom stereocenters. The fourth-order valence-corrected chi connectivity index (χ4v) is 2.32. The van der Waals surface area contributed by atoms with Crippen molar-refractivity contribution in [1.29, 1.82) is 0 Å². The minimum atomic E-state index is -0.199. The van der Waals surface area contributed by atoms with Crippen LogP contribution in [-0.4, -0.2) is 50.2 Å². The van der Waals surface area contributed by atoms with Crippen LogP contribution in [0.3, 0.4) is 0 Å². The van der Waals surface area contributed by atoms with E-state index in [1.807, 2.05) is 30.3 Å². The molecule has 28 heavy (non-hydrogen) atoms. The van der Waals surface area contributed by atoms with E-state index < -0.39 is 0 Å². The van der Waals surface area contributed by atoms with Crippen LogP contribution >= 0.6 is 0 Å². The summed E-state index contributed by atoms with van der Waals surface area (Å²) >= 11 is 0. The van der Waals surface area contributed by atoms with Gasteiger partial charge < -0.3 is 20.1 Å². The molecule has 2 amide bonds. The van der Waals surface area contributed by atoms with Crippen LogP contribution < -0.4 is 15.4 Å². The monoisotopic (exact) mass is 383 g/mol. The number of ether oxygens (including phenoxy) is 2. The lowest BCUT2D eigenvalue weighted by atomic mass is 10.1. The summed E-state index contributed by atoms with van der Waals surface area (Å²) < 4.78 is 10.4. The molecule has 0 aliphatic heterocycles. The van der Waals surface area contributed by atoms with Gasteiger partial charge in [-0.25, -0.2) is 0 Å². The molecule has 0 radical (unpaired) electrons. The third-order valence-corrected chi connectivity index (χ3v) is 3.72. The summed E-state index contributed by atoms with van der Waals surface area (Å²) in [7, 11) is 1.58. The molecule has 7 heteroatoms. The van der Waals surface area contributed by atoms with Crippen molar-refractivity contribution in [2.75, 3.05) is 33.4 Å². The second kappa shape index (κ2) is 12.2. The molecule has 0 saturated heterocycles. The van der Waals surface area contributed by atoms with Crippen molar-refractivity contribution >= 4 is 17.9 Å². The van der Waals surface area contributed by atoms with Crippen molar-refractivity contribution in [3.8, 4) is 5.75 Å². The predicted molar refractivity (Wildman–Crippen MR) is 107 cm³/mol. The quantitative estimate of drug-likeness (QED) is 0.454. The Balaban J connectivity index is 1.71. The van der Waals surface area contributed by atoms with Crippen LogP contribution in [0.25, 0.3) is 6.08 Å². The molecular formula is C21H25N3O4. The molecule has 0 fully saturated rings. The number of methoxy groups -OCH3 is 1. The molecule has 1 aromatic carbocycles. The van der Waals surface area contributed by atoms with Crippen molar-refractivity contribution in [1.82, 2.24) is 15.6 Å². The minimum absolute atomic E-state index is 0.0525. The number of rotatable bonds is 11. The smallest absolute Gasteiger partial charge is 0.258 e. The zero-order chi connectivity index (χ0) is 20.0. The van der Waals surface area contributed by atoms with Gasteiger partial charge in [0.05, 0.1) is 6.61 Å². The van der Waals surface area contributed by atoms with E-state index in [1.165, 1.54) is 6.08 Å². The third kappa shape index (κ3) is 8.46. The highest BCUT2D eigenvalue weighted by molar-refractivity contribution is 5.91. The third-order valence-electron chi connectivity index (χ3n) is 3.72. The van der Waals surface area contributed by atoms with Gasteiger partial charge in [-0.05, 0) is 41.8 Å². The number of nitrogens with zero attached hydrogens (tertiary/aromatic N) is 1. The van der Waals surface area contributed by atoms with E-state index in [0.29, 0.717) is 31.9 Å². The molecule has 0 spiro atoms. The first-order valence-corrected chi connectivity index (χ1v) is 9.00. The molecule has 0 aliphatic rings. The van der Waals surface area contributed by atoms with Crippen molar-refractivity contribution in [3.05, 3.63) is 66.0 Å². The Morgan fingerprint density at radius 1 is 1.14 bits per heavy atom. The molecule has 2 N–H and O–H groups in total. The second-order valence-electron chi connectivity index (χ2n) is 5.94. The molecule has 0 bridgehead atoms. The van der Waals surface area contributed by atoms with Crippen LogP contribution in [0.4, 0.5) is 0 Å². The van der Waals surface area contributed by atoms with Gasteiger partial charge in [-0.1, -0.05) is 18.2 Å². The lowest BCUT2D eigenvalue weighted by molar-refractivity contribution is -0.123. The lowest BCUT2D eigenvalue weighted by Crippen LogP contribution is -2.31. The van der Waals surface area contributed by atoms with Gasteiger partial charge >= 0.3 is 0 Å². The summed E-state index contributed by atoms with van der Waals surface area (Å²) in [5.41, 5.74) is 1.88. The molecule has 1 heterocycles. The van der Waals surface area contributed by atoms with E-state index in [9.17, 15) is 9.59 Å². The molecular weight excluding hydrogens is 358 g/mol. The Morgan fingerprint density at radius 3 is 2.82 bits per heavy atom. The van der Waals surface area contributed by atoms with Crippen molar-refractivity contribution in [2.24, 2.45) is 0 Å². The van der Waals surface area contributed by atoms with Gasteiger partial charge in [0.1, 0.15) is 5.75 Å². The lowest BCUT2D eigenvalue weighted by Gasteiger charge is -2.09. The van der Waals surface area contributed by atoms with Crippen LogP contribution in [0.2, 0.25) is 0 Å². The number of carbonyl (C=O) groups excluding carboxylic acids is 2. The number of aromatic nitrogens is 1. The fraction of sp³-hybridized carbons (Fsp3) is 0.286. The highest BCUT2D eigenvalue weighted by Gasteiger charge is 2.03.